The van der Waals surface area contributed by atoms with Crippen LogP contribution in [0.3, 0.4) is 0 Å². The van der Waals surface area contributed by atoms with E-state index in [1.54, 1.807) is 39.7 Å². The standard InChI is InChI=1S/C12H14N4O3/c1-17-9-4-11(18-2)10(12(5-9)19-3)6-15-16-7-13-14-8-16/h4-8H,1-3H3/b15-6-. The monoisotopic (exact) mass is 262 g/mol. The summed E-state index contributed by atoms with van der Waals surface area (Å²) in [6.45, 7) is 0. The van der Waals surface area contributed by atoms with Gasteiger partial charge in [0.15, 0.2) is 0 Å². The van der Waals surface area contributed by atoms with Crippen molar-refractivity contribution in [1.29, 1.82) is 0 Å². The van der Waals surface area contributed by atoms with Crippen LogP contribution in [-0.4, -0.2) is 42.4 Å². The molecule has 0 atom stereocenters. The maximum Gasteiger partial charge on any atom is 0.141 e. The van der Waals surface area contributed by atoms with Crippen LogP contribution in [0, 0.1) is 0 Å². The topological polar surface area (TPSA) is 70.8 Å². The second kappa shape index (κ2) is 5.85. The largest absolute Gasteiger partial charge is 0.496 e. The summed E-state index contributed by atoms with van der Waals surface area (Å²) in [7, 11) is 4.73. The molecule has 100 valence electrons. The van der Waals surface area contributed by atoms with Gasteiger partial charge >= 0.3 is 0 Å². The lowest BCUT2D eigenvalue weighted by molar-refractivity contribution is 0.374. The fourth-order valence-electron chi connectivity index (χ4n) is 1.54. The van der Waals surface area contributed by atoms with Gasteiger partial charge in [-0.05, 0) is 0 Å². The van der Waals surface area contributed by atoms with E-state index in [1.165, 1.54) is 17.3 Å². The summed E-state index contributed by atoms with van der Waals surface area (Å²) in [5, 5.41) is 11.5. The van der Waals surface area contributed by atoms with E-state index < -0.39 is 0 Å². The summed E-state index contributed by atoms with van der Waals surface area (Å²) in [6.07, 6.45) is 4.58. The number of nitrogens with zero attached hydrogens (tertiary/aromatic N) is 4. The third kappa shape index (κ3) is 2.82. The lowest BCUT2D eigenvalue weighted by atomic mass is 10.2. The normalized spacial score (nSPS) is 10.7. The molecule has 1 heterocycles. The lowest BCUT2D eigenvalue weighted by Gasteiger charge is -2.11. The summed E-state index contributed by atoms with van der Waals surface area (Å²) in [6, 6.07) is 3.52. The fourth-order valence-corrected chi connectivity index (χ4v) is 1.54. The highest BCUT2D eigenvalue weighted by molar-refractivity contribution is 5.88. The average molecular weight is 262 g/mol. The van der Waals surface area contributed by atoms with E-state index in [0.29, 0.717) is 22.8 Å². The lowest BCUT2D eigenvalue weighted by Crippen LogP contribution is -1.98. The Balaban J connectivity index is 2.42. The molecular weight excluding hydrogens is 248 g/mol. The summed E-state index contributed by atoms with van der Waals surface area (Å²) in [4.78, 5) is 0. The summed E-state index contributed by atoms with van der Waals surface area (Å²) in [5.74, 6) is 1.86. The second-order valence-corrected chi connectivity index (χ2v) is 3.53. The average Bonchev–Trinajstić information content (AvgIpc) is 2.97. The molecule has 0 saturated heterocycles. The second-order valence-electron chi connectivity index (χ2n) is 3.53. The van der Waals surface area contributed by atoms with Crippen LogP contribution in [0.4, 0.5) is 0 Å². The van der Waals surface area contributed by atoms with Crippen molar-refractivity contribution in [3.8, 4) is 17.2 Å². The molecule has 0 unspecified atom stereocenters. The first-order valence-corrected chi connectivity index (χ1v) is 5.47. The Bertz CT molecular complexity index is 541. The molecule has 19 heavy (non-hydrogen) atoms. The van der Waals surface area contributed by atoms with Crippen LogP contribution < -0.4 is 14.2 Å². The molecule has 1 aromatic carbocycles. The van der Waals surface area contributed by atoms with Crippen molar-refractivity contribution in [2.45, 2.75) is 0 Å². The van der Waals surface area contributed by atoms with E-state index in [2.05, 4.69) is 15.3 Å². The summed E-state index contributed by atoms with van der Waals surface area (Å²) >= 11 is 0. The highest BCUT2D eigenvalue weighted by atomic mass is 16.5. The van der Waals surface area contributed by atoms with Crippen LogP contribution >= 0.6 is 0 Å². The molecule has 0 N–H and O–H groups in total. The number of methoxy groups -OCH3 is 3. The Kier molecular flexibility index (Phi) is 3.97. The summed E-state index contributed by atoms with van der Waals surface area (Å²) < 4.78 is 17.3. The molecule has 0 aliphatic rings. The number of rotatable bonds is 5. The van der Waals surface area contributed by atoms with Crippen LogP contribution in [0.25, 0.3) is 0 Å². The maximum absolute atomic E-state index is 5.31. The first kappa shape index (κ1) is 12.9. The van der Waals surface area contributed by atoms with Crippen molar-refractivity contribution in [2.75, 3.05) is 21.3 Å². The van der Waals surface area contributed by atoms with Gasteiger partial charge in [-0.15, -0.1) is 10.2 Å². The quantitative estimate of drug-likeness (QED) is 0.757. The van der Waals surface area contributed by atoms with Gasteiger partial charge in [-0.2, -0.15) is 5.10 Å². The Morgan fingerprint density at radius 3 is 2.05 bits per heavy atom. The predicted octanol–water partition coefficient (Wildman–Crippen LogP) is 1.19. The molecule has 0 saturated carbocycles. The number of hydrogen-bond donors (Lipinski definition) is 0. The minimum absolute atomic E-state index is 0.605. The molecule has 0 radical (unpaired) electrons. The Morgan fingerprint density at radius 2 is 1.58 bits per heavy atom. The zero-order valence-electron chi connectivity index (χ0n) is 10.9. The molecule has 0 aliphatic heterocycles. The molecule has 0 amide bonds. The van der Waals surface area contributed by atoms with Crippen molar-refractivity contribution < 1.29 is 14.2 Å². The molecular formula is C12H14N4O3. The zero-order valence-corrected chi connectivity index (χ0v) is 10.9. The smallest absolute Gasteiger partial charge is 0.141 e. The highest BCUT2D eigenvalue weighted by Crippen LogP contribution is 2.32. The Morgan fingerprint density at radius 1 is 1.00 bits per heavy atom. The molecule has 2 aromatic rings. The van der Waals surface area contributed by atoms with E-state index in [9.17, 15) is 0 Å². The van der Waals surface area contributed by atoms with Gasteiger partial charge in [0.25, 0.3) is 0 Å². The third-order valence-corrected chi connectivity index (χ3v) is 2.48. The van der Waals surface area contributed by atoms with Crippen molar-refractivity contribution in [3.63, 3.8) is 0 Å². The van der Waals surface area contributed by atoms with Crippen LogP contribution in [0.5, 0.6) is 17.2 Å². The van der Waals surface area contributed by atoms with Gasteiger partial charge in [0.1, 0.15) is 29.9 Å². The van der Waals surface area contributed by atoms with Crippen molar-refractivity contribution >= 4 is 6.21 Å². The van der Waals surface area contributed by atoms with Crippen LogP contribution in [0.2, 0.25) is 0 Å². The van der Waals surface area contributed by atoms with Gasteiger partial charge in [0, 0.05) is 12.1 Å². The molecule has 0 fully saturated rings. The van der Waals surface area contributed by atoms with Crippen LogP contribution in [0.15, 0.2) is 29.9 Å². The van der Waals surface area contributed by atoms with Crippen molar-refractivity contribution in [1.82, 2.24) is 14.9 Å². The van der Waals surface area contributed by atoms with Crippen molar-refractivity contribution in [3.05, 3.63) is 30.4 Å². The molecule has 0 bridgehead atoms. The number of hydrogen-bond acceptors (Lipinski definition) is 6. The molecule has 7 heteroatoms. The van der Waals surface area contributed by atoms with Crippen LogP contribution in [-0.2, 0) is 0 Å². The Labute approximate surface area is 110 Å². The molecule has 1 aromatic heterocycles. The van der Waals surface area contributed by atoms with Crippen molar-refractivity contribution in [2.24, 2.45) is 5.10 Å². The zero-order chi connectivity index (χ0) is 13.7. The van der Waals surface area contributed by atoms with Gasteiger partial charge in [-0.1, -0.05) is 0 Å². The van der Waals surface area contributed by atoms with E-state index >= 15 is 0 Å². The first-order valence-electron chi connectivity index (χ1n) is 5.47. The summed E-state index contributed by atoms with van der Waals surface area (Å²) in [5.41, 5.74) is 0.708. The highest BCUT2D eigenvalue weighted by Gasteiger charge is 2.11. The number of benzene rings is 1. The fraction of sp³-hybridized carbons (Fsp3) is 0.250. The molecule has 0 aliphatic carbocycles. The molecule has 2 rings (SSSR count). The molecule has 0 spiro atoms. The third-order valence-electron chi connectivity index (χ3n) is 2.48. The van der Waals surface area contributed by atoms with Gasteiger partial charge in [-0.3, -0.25) is 0 Å². The number of ether oxygens (including phenoxy) is 3. The van der Waals surface area contributed by atoms with E-state index in [4.69, 9.17) is 14.2 Å². The van der Waals surface area contributed by atoms with E-state index in [1.807, 2.05) is 0 Å². The predicted molar refractivity (Wildman–Crippen MR) is 69.1 cm³/mol. The van der Waals surface area contributed by atoms with Gasteiger partial charge in [0.2, 0.25) is 0 Å². The SMILES string of the molecule is COc1cc(OC)c(/C=N\n2cnnc2)c(OC)c1. The maximum atomic E-state index is 5.31. The first-order chi connectivity index (χ1) is 9.28. The minimum atomic E-state index is 0.605. The minimum Gasteiger partial charge on any atom is -0.496 e. The van der Waals surface area contributed by atoms with E-state index in [-0.39, 0.29) is 0 Å². The Hall–Kier alpha value is -2.57. The van der Waals surface area contributed by atoms with Gasteiger partial charge in [-0.25, -0.2) is 4.68 Å². The van der Waals surface area contributed by atoms with Crippen LogP contribution in [0.1, 0.15) is 5.56 Å². The van der Waals surface area contributed by atoms with E-state index in [0.717, 1.165) is 0 Å². The van der Waals surface area contributed by atoms with Gasteiger partial charge < -0.3 is 14.2 Å². The number of aromatic nitrogens is 3. The van der Waals surface area contributed by atoms with Gasteiger partial charge in [0.05, 0.1) is 33.1 Å². The molecule has 7 nitrogen and oxygen atoms in total.